The van der Waals surface area contributed by atoms with Gasteiger partial charge in [-0.25, -0.2) is 4.79 Å². The summed E-state index contributed by atoms with van der Waals surface area (Å²) in [5.41, 5.74) is 2.31. The minimum Gasteiger partial charge on any atom is -0.350 e. The summed E-state index contributed by atoms with van der Waals surface area (Å²) in [5.74, 6) is -0.314. The van der Waals surface area contributed by atoms with Crippen molar-refractivity contribution in [1.29, 1.82) is 0 Å². The normalized spacial score (nSPS) is 10.9. The minimum atomic E-state index is -0.542. The number of benzene rings is 3. The van der Waals surface area contributed by atoms with Gasteiger partial charge in [-0.2, -0.15) is 0 Å². The number of halogens is 1. The Balaban J connectivity index is 1.67. The van der Waals surface area contributed by atoms with Crippen LogP contribution >= 0.6 is 11.6 Å². The van der Waals surface area contributed by atoms with Crippen LogP contribution in [0.5, 0.6) is 0 Å². The lowest BCUT2D eigenvalue weighted by Gasteiger charge is -2.14. The summed E-state index contributed by atoms with van der Waals surface area (Å²) >= 11 is 6.06. The van der Waals surface area contributed by atoms with E-state index in [1.165, 1.54) is 4.57 Å². The molecular formula is C25H22ClN3O3. The summed E-state index contributed by atoms with van der Waals surface area (Å²) in [7, 11) is 0. The molecule has 0 saturated carbocycles. The number of hydrogen-bond donors (Lipinski definition) is 1. The number of aromatic nitrogens is 2. The van der Waals surface area contributed by atoms with Crippen LogP contribution < -0.4 is 16.6 Å². The van der Waals surface area contributed by atoms with Crippen LogP contribution in [0.4, 0.5) is 0 Å². The Morgan fingerprint density at radius 2 is 1.66 bits per heavy atom. The van der Waals surface area contributed by atoms with Crippen molar-refractivity contribution in [2.24, 2.45) is 0 Å². The second-order valence-corrected chi connectivity index (χ2v) is 8.11. The number of aryl methyl sites for hydroxylation is 1. The third-order valence-electron chi connectivity index (χ3n) is 5.27. The van der Waals surface area contributed by atoms with Gasteiger partial charge >= 0.3 is 5.69 Å². The van der Waals surface area contributed by atoms with Crippen LogP contribution in [-0.4, -0.2) is 15.0 Å². The number of fused-ring (bicyclic) bond motifs is 1. The molecule has 0 spiro atoms. The zero-order valence-corrected chi connectivity index (χ0v) is 18.3. The van der Waals surface area contributed by atoms with E-state index in [0.717, 1.165) is 21.3 Å². The fraction of sp³-hybridized carbons (Fsp3) is 0.160. The lowest BCUT2D eigenvalue weighted by Crippen LogP contribution is -2.42. The van der Waals surface area contributed by atoms with Gasteiger partial charge in [0, 0.05) is 11.6 Å². The molecule has 0 radical (unpaired) electrons. The molecule has 162 valence electrons. The number of para-hydroxylation sites is 1. The Morgan fingerprint density at radius 1 is 0.906 bits per heavy atom. The van der Waals surface area contributed by atoms with E-state index in [1.54, 1.807) is 48.5 Å². The number of amides is 1. The maximum Gasteiger partial charge on any atom is 0.332 e. The first-order valence-corrected chi connectivity index (χ1v) is 10.6. The van der Waals surface area contributed by atoms with Crippen molar-refractivity contribution >= 4 is 28.4 Å². The van der Waals surface area contributed by atoms with Crippen LogP contribution in [0.1, 0.15) is 16.7 Å². The van der Waals surface area contributed by atoms with Crippen LogP contribution in [0, 0.1) is 6.92 Å². The number of hydrogen-bond acceptors (Lipinski definition) is 3. The maximum absolute atomic E-state index is 13.3. The molecule has 1 N–H and O–H groups in total. The van der Waals surface area contributed by atoms with Gasteiger partial charge in [0.25, 0.3) is 5.56 Å². The number of nitrogens with zero attached hydrogens (tertiary/aromatic N) is 2. The van der Waals surface area contributed by atoms with Gasteiger partial charge in [0.15, 0.2) is 0 Å². The molecule has 32 heavy (non-hydrogen) atoms. The summed E-state index contributed by atoms with van der Waals surface area (Å²) in [6.45, 7) is 2.22. The van der Waals surface area contributed by atoms with Gasteiger partial charge in [-0.1, -0.05) is 65.7 Å². The first-order valence-electron chi connectivity index (χ1n) is 10.2. The molecule has 0 aliphatic rings. The minimum absolute atomic E-state index is 0.0635. The molecule has 3 aromatic carbocycles. The number of carbonyl (C=O) groups excluding carboxylic acids is 1. The smallest absolute Gasteiger partial charge is 0.332 e. The number of rotatable bonds is 6. The van der Waals surface area contributed by atoms with E-state index < -0.39 is 11.2 Å². The molecule has 0 saturated heterocycles. The van der Waals surface area contributed by atoms with Crippen molar-refractivity contribution in [1.82, 2.24) is 14.5 Å². The van der Waals surface area contributed by atoms with Crippen LogP contribution in [-0.2, 0) is 24.4 Å². The molecule has 0 aliphatic heterocycles. The molecule has 1 amide bonds. The first kappa shape index (κ1) is 21.6. The highest BCUT2D eigenvalue weighted by molar-refractivity contribution is 6.30. The molecule has 1 aromatic heterocycles. The summed E-state index contributed by atoms with van der Waals surface area (Å²) < 4.78 is 2.48. The van der Waals surface area contributed by atoms with Gasteiger partial charge < -0.3 is 5.32 Å². The van der Waals surface area contributed by atoms with E-state index in [0.29, 0.717) is 22.5 Å². The van der Waals surface area contributed by atoms with Crippen molar-refractivity contribution in [2.45, 2.75) is 26.6 Å². The van der Waals surface area contributed by atoms with Crippen molar-refractivity contribution in [3.63, 3.8) is 0 Å². The first-order chi connectivity index (χ1) is 15.4. The maximum atomic E-state index is 13.3. The monoisotopic (exact) mass is 447 g/mol. The summed E-state index contributed by atoms with van der Waals surface area (Å²) in [4.78, 5) is 39.0. The van der Waals surface area contributed by atoms with E-state index >= 15 is 0 Å². The molecule has 0 bridgehead atoms. The van der Waals surface area contributed by atoms with Crippen molar-refractivity contribution in [3.8, 4) is 0 Å². The van der Waals surface area contributed by atoms with Crippen molar-refractivity contribution < 1.29 is 4.79 Å². The van der Waals surface area contributed by atoms with Gasteiger partial charge in [0.1, 0.15) is 6.54 Å². The number of carbonyl (C=O) groups is 1. The average molecular weight is 448 g/mol. The Hall–Kier alpha value is -3.64. The lowest BCUT2D eigenvalue weighted by molar-refractivity contribution is -0.121. The van der Waals surface area contributed by atoms with Gasteiger partial charge in [-0.3, -0.25) is 18.7 Å². The molecule has 0 atom stereocenters. The van der Waals surface area contributed by atoms with Crippen molar-refractivity contribution in [3.05, 3.63) is 115 Å². The SMILES string of the molecule is Cc1ccc(CNC(=O)Cn2c(=O)n(Cc3cccc(Cl)c3)c(=O)c3ccccc32)cc1. The topological polar surface area (TPSA) is 73.1 Å². The largest absolute Gasteiger partial charge is 0.350 e. The lowest BCUT2D eigenvalue weighted by atomic mass is 10.1. The van der Waals surface area contributed by atoms with Gasteiger partial charge in [0.05, 0.1) is 17.4 Å². The molecule has 7 heteroatoms. The second kappa shape index (κ2) is 9.24. The van der Waals surface area contributed by atoms with Crippen LogP contribution in [0.25, 0.3) is 10.9 Å². The number of nitrogens with one attached hydrogen (secondary N) is 1. The third kappa shape index (κ3) is 4.65. The summed E-state index contributed by atoms with van der Waals surface area (Å²) in [5, 5.41) is 3.74. The predicted molar refractivity (Wildman–Crippen MR) is 126 cm³/mol. The Labute approximate surface area is 189 Å². The highest BCUT2D eigenvalue weighted by Crippen LogP contribution is 2.12. The Bertz CT molecular complexity index is 1400. The molecular weight excluding hydrogens is 426 g/mol. The summed E-state index contributed by atoms with van der Waals surface area (Å²) in [6, 6.07) is 21.7. The van der Waals surface area contributed by atoms with Gasteiger partial charge in [-0.15, -0.1) is 0 Å². The fourth-order valence-corrected chi connectivity index (χ4v) is 3.80. The van der Waals surface area contributed by atoms with Gasteiger partial charge in [0.2, 0.25) is 5.91 Å². The zero-order valence-electron chi connectivity index (χ0n) is 17.5. The van der Waals surface area contributed by atoms with E-state index in [4.69, 9.17) is 11.6 Å². The Morgan fingerprint density at radius 3 is 2.41 bits per heavy atom. The molecule has 0 aliphatic carbocycles. The van der Waals surface area contributed by atoms with Crippen LogP contribution in [0.2, 0.25) is 5.02 Å². The fourth-order valence-electron chi connectivity index (χ4n) is 3.59. The zero-order chi connectivity index (χ0) is 22.7. The molecule has 6 nitrogen and oxygen atoms in total. The molecule has 4 rings (SSSR count). The van der Waals surface area contributed by atoms with Crippen LogP contribution in [0.15, 0.2) is 82.4 Å². The van der Waals surface area contributed by atoms with Crippen LogP contribution in [0.3, 0.4) is 0 Å². The Kier molecular flexibility index (Phi) is 6.23. The van der Waals surface area contributed by atoms with Crippen molar-refractivity contribution in [2.75, 3.05) is 0 Å². The van der Waals surface area contributed by atoms with E-state index in [9.17, 15) is 14.4 Å². The third-order valence-corrected chi connectivity index (χ3v) is 5.51. The highest BCUT2D eigenvalue weighted by Gasteiger charge is 2.15. The predicted octanol–water partition coefficient (Wildman–Crippen LogP) is 3.49. The quantitative estimate of drug-likeness (QED) is 0.491. The van der Waals surface area contributed by atoms with E-state index in [1.807, 2.05) is 31.2 Å². The molecule has 0 unspecified atom stereocenters. The van der Waals surface area contributed by atoms with E-state index in [2.05, 4.69) is 5.32 Å². The van der Waals surface area contributed by atoms with E-state index in [-0.39, 0.29) is 19.0 Å². The molecule has 1 heterocycles. The standard InChI is InChI=1S/C25H22ClN3O3/c1-17-9-11-18(12-10-17)14-27-23(30)16-28-22-8-3-2-7-21(22)24(31)29(25(28)32)15-19-5-4-6-20(26)13-19/h2-13H,14-16H2,1H3,(H,27,30). The summed E-state index contributed by atoms with van der Waals surface area (Å²) in [6.07, 6.45) is 0. The highest BCUT2D eigenvalue weighted by atomic mass is 35.5. The second-order valence-electron chi connectivity index (χ2n) is 7.67. The molecule has 4 aromatic rings. The van der Waals surface area contributed by atoms with Gasteiger partial charge in [-0.05, 0) is 42.3 Å². The average Bonchev–Trinajstić information content (AvgIpc) is 2.79. The molecule has 0 fully saturated rings.